The molecular weight excluding hydrogens is 321 g/mol. The number of rotatable bonds is 4. The van der Waals surface area contributed by atoms with Gasteiger partial charge in [-0.25, -0.2) is 4.57 Å². The second kappa shape index (κ2) is 11.7. The predicted octanol–water partition coefficient (Wildman–Crippen LogP) is 1.04. The number of phosphoric ester groups is 1. The van der Waals surface area contributed by atoms with Crippen LogP contribution in [-0.2, 0) is 13.9 Å². The monoisotopic (exact) mass is 343 g/mol. The number of nitrogens with one attached hydrogen (secondary N) is 1. The summed E-state index contributed by atoms with van der Waals surface area (Å²) in [5.41, 5.74) is 5.56. The number of nitrogens with zero attached hydrogens (tertiary/aromatic N) is 1. The molecule has 9 heteroatoms. The number of carbonyl (C=O) groups is 1. The van der Waals surface area contributed by atoms with Crippen LogP contribution >= 0.6 is 7.82 Å². The summed E-state index contributed by atoms with van der Waals surface area (Å²) >= 11 is 0. The van der Waals surface area contributed by atoms with Crippen LogP contribution in [0.15, 0.2) is 42.6 Å². The van der Waals surface area contributed by atoms with Gasteiger partial charge in [-0.3, -0.25) is 14.3 Å². The van der Waals surface area contributed by atoms with Crippen molar-refractivity contribution < 1.29 is 23.7 Å². The van der Waals surface area contributed by atoms with E-state index in [-0.39, 0.29) is 19.1 Å². The molecule has 0 spiro atoms. The van der Waals surface area contributed by atoms with Crippen molar-refractivity contribution in [2.45, 2.75) is 6.92 Å². The van der Waals surface area contributed by atoms with Crippen LogP contribution in [0.25, 0.3) is 10.9 Å². The average Bonchev–Trinajstić information content (AvgIpc) is 2.53. The van der Waals surface area contributed by atoms with Gasteiger partial charge in [0.25, 0.3) is 0 Å². The van der Waals surface area contributed by atoms with Gasteiger partial charge in [0, 0.05) is 25.1 Å². The average molecular weight is 343 g/mol. The van der Waals surface area contributed by atoms with E-state index in [2.05, 4.69) is 32.7 Å². The van der Waals surface area contributed by atoms with Crippen LogP contribution in [-0.4, -0.2) is 40.9 Å². The Kier molecular flexibility index (Phi) is 10.8. The Labute approximate surface area is 134 Å². The molecule has 0 aliphatic heterocycles. The van der Waals surface area contributed by atoms with Gasteiger partial charge in [0.2, 0.25) is 5.91 Å². The molecule has 1 heterocycles. The SMILES string of the molecule is CC(=O)NCCOP(=O)(O)O.CN.c1ccc2ncccc2c1. The van der Waals surface area contributed by atoms with Crippen molar-refractivity contribution in [3.8, 4) is 0 Å². The summed E-state index contributed by atoms with van der Waals surface area (Å²) in [4.78, 5) is 30.7. The molecule has 0 fully saturated rings. The lowest BCUT2D eigenvalue weighted by Crippen LogP contribution is -2.23. The maximum absolute atomic E-state index is 10.2. The number of para-hydroxylation sites is 1. The van der Waals surface area contributed by atoms with Crippen molar-refractivity contribution in [1.82, 2.24) is 10.3 Å². The van der Waals surface area contributed by atoms with Crippen molar-refractivity contribution in [2.75, 3.05) is 20.2 Å². The molecule has 5 N–H and O–H groups in total. The topological polar surface area (TPSA) is 135 Å². The van der Waals surface area contributed by atoms with E-state index < -0.39 is 7.82 Å². The van der Waals surface area contributed by atoms with Gasteiger partial charge >= 0.3 is 7.82 Å². The van der Waals surface area contributed by atoms with Gasteiger partial charge < -0.3 is 20.8 Å². The van der Waals surface area contributed by atoms with Gasteiger partial charge in [0.15, 0.2) is 0 Å². The van der Waals surface area contributed by atoms with Gasteiger partial charge in [-0.05, 0) is 19.2 Å². The molecule has 8 nitrogen and oxygen atoms in total. The smallest absolute Gasteiger partial charge is 0.354 e. The first-order chi connectivity index (χ1) is 10.9. The molecule has 0 saturated heterocycles. The molecular formula is C14H22N3O5P. The molecule has 0 aliphatic carbocycles. The van der Waals surface area contributed by atoms with Crippen LogP contribution in [0.4, 0.5) is 0 Å². The van der Waals surface area contributed by atoms with Crippen LogP contribution in [0.5, 0.6) is 0 Å². The molecule has 0 atom stereocenters. The van der Waals surface area contributed by atoms with Crippen LogP contribution < -0.4 is 11.1 Å². The van der Waals surface area contributed by atoms with E-state index in [1.54, 1.807) is 0 Å². The Morgan fingerprint density at radius 2 is 1.87 bits per heavy atom. The molecule has 0 aliphatic rings. The van der Waals surface area contributed by atoms with Crippen molar-refractivity contribution in [3.63, 3.8) is 0 Å². The fourth-order valence-electron chi connectivity index (χ4n) is 1.41. The van der Waals surface area contributed by atoms with Gasteiger partial charge in [0.05, 0.1) is 12.1 Å². The Morgan fingerprint density at radius 3 is 2.43 bits per heavy atom. The highest BCUT2D eigenvalue weighted by Crippen LogP contribution is 2.34. The van der Waals surface area contributed by atoms with E-state index in [1.807, 2.05) is 30.5 Å². The molecule has 0 radical (unpaired) electrons. The van der Waals surface area contributed by atoms with Crippen LogP contribution in [0.1, 0.15) is 6.92 Å². The van der Waals surface area contributed by atoms with E-state index in [0.717, 1.165) is 5.52 Å². The lowest BCUT2D eigenvalue weighted by Gasteiger charge is -2.04. The van der Waals surface area contributed by atoms with E-state index in [1.165, 1.54) is 19.4 Å². The van der Waals surface area contributed by atoms with Crippen molar-refractivity contribution in [3.05, 3.63) is 42.6 Å². The number of amides is 1. The van der Waals surface area contributed by atoms with E-state index in [4.69, 9.17) is 9.79 Å². The highest BCUT2D eigenvalue weighted by molar-refractivity contribution is 7.46. The maximum atomic E-state index is 10.2. The van der Waals surface area contributed by atoms with E-state index in [9.17, 15) is 9.36 Å². The van der Waals surface area contributed by atoms with Gasteiger partial charge in [-0.15, -0.1) is 0 Å². The van der Waals surface area contributed by atoms with Crippen LogP contribution in [0.2, 0.25) is 0 Å². The Balaban J connectivity index is 0.000000380. The molecule has 0 unspecified atom stereocenters. The standard InChI is InChI=1S/C9H7N.C4H10NO5P.CH5N/c1-2-6-9-8(4-1)5-3-7-10-9;1-4(6)5-2-3-10-11(7,8)9;1-2/h1-7H;2-3H2,1H3,(H,5,6)(H2,7,8,9);2H2,1H3. The zero-order valence-electron chi connectivity index (χ0n) is 13.0. The second-order valence-corrected chi connectivity index (χ2v) is 5.24. The third-order valence-corrected chi connectivity index (χ3v) is 2.77. The number of nitrogens with two attached hydrogens (primary N) is 1. The van der Waals surface area contributed by atoms with Gasteiger partial charge in [0.1, 0.15) is 0 Å². The summed E-state index contributed by atoms with van der Waals surface area (Å²) in [7, 11) is -2.88. The number of aromatic nitrogens is 1. The minimum Gasteiger partial charge on any atom is -0.354 e. The second-order valence-electron chi connectivity index (χ2n) is 4.00. The normalized spacial score (nSPS) is 9.96. The molecule has 1 aromatic carbocycles. The first kappa shape index (κ1) is 21.2. The number of hydrogen-bond donors (Lipinski definition) is 4. The highest BCUT2D eigenvalue weighted by atomic mass is 31.2. The maximum Gasteiger partial charge on any atom is 0.469 e. The summed E-state index contributed by atoms with van der Waals surface area (Å²) in [6.07, 6.45) is 1.81. The molecule has 1 aromatic heterocycles. The minimum atomic E-state index is -4.38. The van der Waals surface area contributed by atoms with Crippen molar-refractivity contribution in [2.24, 2.45) is 5.73 Å². The van der Waals surface area contributed by atoms with Crippen molar-refractivity contribution >= 4 is 24.6 Å². The quantitative estimate of drug-likeness (QED) is 0.481. The minimum absolute atomic E-state index is 0.0977. The molecule has 23 heavy (non-hydrogen) atoms. The Bertz CT molecular complexity index is 567. The summed E-state index contributed by atoms with van der Waals surface area (Å²) < 4.78 is 14.1. The first-order valence-corrected chi connectivity index (χ1v) is 8.23. The van der Waals surface area contributed by atoms with Gasteiger partial charge in [-0.1, -0.05) is 24.3 Å². The summed E-state index contributed by atoms with van der Waals surface area (Å²) in [6, 6.07) is 12.1. The van der Waals surface area contributed by atoms with Crippen LogP contribution in [0.3, 0.4) is 0 Å². The van der Waals surface area contributed by atoms with E-state index in [0.29, 0.717) is 0 Å². The molecule has 2 aromatic rings. The van der Waals surface area contributed by atoms with Crippen LogP contribution in [0, 0.1) is 0 Å². The zero-order chi connectivity index (χ0) is 17.7. The molecule has 2 rings (SSSR count). The fraction of sp³-hybridized carbons (Fsp3) is 0.286. The number of pyridine rings is 1. The number of carbonyl (C=O) groups excluding carboxylic acids is 1. The van der Waals surface area contributed by atoms with E-state index >= 15 is 0 Å². The van der Waals surface area contributed by atoms with Gasteiger partial charge in [-0.2, -0.15) is 0 Å². The Morgan fingerprint density at radius 1 is 1.26 bits per heavy atom. The lowest BCUT2D eigenvalue weighted by molar-refractivity contribution is -0.119. The predicted molar refractivity (Wildman–Crippen MR) is 88.5 cm³/mol. The number of fused-ring (bicyclic) bond motifs is 1. The fourth-order valence-corrected chi connectivity index (χ4v) is 1.74. The number of hydrogen-bond acceptors (Lipinski definition) is 5. The zero-order valence-corrected chi connectivity index (χ0v) is 13.9. The first-order valence-electron chi connectivity index (χ1n) is 6.70. The number of benzene rings is 1. The summed E-state index contributed by atoms with van der Waals surface area (Å²) in [5, 5.41) is 3.51. The lowest BCUT2D eigenvalue weighted by atomic mass is 10.2. The molecule has 1 amide bonds. The number of phosphoric acid groups is 1. The highest BCUT2D eigenvalue weighted by Gasteiger charge is 2.12. The molecule has 0 bridgehead atoms. The third kappa shape index (κ3) is 11.4. The summed E-state index contributed by atoms with van der Waals surface area (Å²) in [5.74, 6) is -0.265. The third-order valence-electron chi connectivity index (χ3n) is 2.25. The van der Waals surface area contributed by atoms with Crippen molar-refractivity contribution in [1.29, 1.82) is 0 Å². The largest absolute Gasteiger partial charge is 0.469 e. The summed E-state index contributed by atoms with van der Waals surface area (Å²) in [6.45, 7) is 1.21. The Hall–Kier alpha value is -1.83. The molecule has 128 valence electrons. The molecule has 0 saturated carbocycles.